The van der Waals surface area contributed by atoms with Gasteiger partial charge in [0.05, 0.1) is 12.2 Å². The van der Waals surface area contributed by atoms with Crippen molar-refractivity contribution in [2.75, 3.05) is 32.5 Å². The number of anilines is 1. The second-order valence-electron chi connectivity index (χ2n) is 5.52. The molecule has 6 nitrogen and oxygen atoms in total. The molecule has 0 aromatic carbocycles. The standard InChI is InChI=1S/C17H23N5O/c1-22(2)11-5-9-20-17(23)16-12-14(7-10-19-16)21-13-15-6-3-4-8-18-15/h3-4,6-8,10,12H,5,9,11,13H2,1-2H3,(H,19,21)(H,20,23). The fraction of sp³-hybridized carbons (Fsp3) is 0.353. The Hall–Kier alpha value is -2.47. The first-order chi connectivity index (χ1) is 11.1. The molecule has 2 aromatic heterocycles. The van der Waals surface area contributed by atoms with Crippen molar-refractivity contribution in [2.45, 2.75) is 13.0 Å². The summed E-state index contributed by atoms with van der Waals surface area (Å²) in [6.07, 6.45) is 4.31. The Morgan fingerprint density at radius 3 is 2.78 bits per heavy atom. The van der Waals surface area contributed by atoms with E-state index in [1.165, 1.54) is 0 Å². The molecule has 2 heterocycles. The maximum Gasteiger partial charge on any atom is 0.269 e. The van der Waals surface area contributed by atoms with Crippen molar-refractivity contribution in [2.24, 2.45) is 0 Å². The molecule has 6 heteroatoms. The number of hydrogen-bond acceptors (Lipinski definition) is 5. The monoisotopic (exact) mass is 313 g/mol. The second kappa shape index (κ2) is 8.85. The Labute approximate surface area is 137 Å². The van der Waals surface area contributed by atoms with E-state index < -0.39 is 0 Å². The molecule has 0 aliphatic carbocycles. The fourth-order valence-electron chi connectivity index (χ4n) is 2.05. The Bertz CT molecular complexity index is 615. The van der Waals surface area contributed by atoms with E-state index in [4.69, 9.17) is 0 Å². The molecule has 23 heavy (non-hydrogen) atoms. The molecule has 2 rings (SSSR count). The van der Waals surface area contributed by atoms with Gasteiger partial charge in [0.1, 0.15) is 5.69 Å². The second-order valence-corrected chi connectivity index (χ2v) is 5.52. The Morgan fingerprint density at radius 1 is 1.17 bits per heavy atom. The minimum Gasteiger partial charge on any atom is -0.379 e. The van der Waals surface area contributed by atoms with E-state index in [1.807, 2.05) is 38.4 Å². The third kappa shape index (κ3) is 6.04. The molecule has 0 spiro atoms. The zero-order chi connectivity index (χ0) is 16.5. The lowest BCUT2D eigenvalue weighted by Crippen LogP contribution is -2.27. The van der Waals surface area contributed by atoms with Gasteiger partial charge in [0.25, 0.3) is 5.91 Å². The van der Waals surface area contributed by atoms with Crippen molar-refractivity contribution in [1.29, 1.82) is 0 Å². The SMILES string of the molecule is CN(C)CCCNC(=O)c1cc(NCc2ccccn2)ccn1. The van der Waals surface area contributed by atoms with Gasteiger partial charge < -0.3 is 15.5 Å². The van der Waals surface area contributed by atoms with Crippen LogP contribution < -0.4 is 10.6 Å². The van der Waals surface area contributed by atoms with E-state index in [9.17, 15) is 4.79 Å². The number of nitrogens with one attached hydrogen (secondary N) is 2. The predicted molar refractivity (Wildman–Crippen MR) is 91.3 cm³/mol. The summed E-state index contributed by atoms with van der Waals surface area (Å²) in [5.41, 5.74) is 2.21. The van der Waals surface area contributed by atoms with Gasteiger partial charge in [-0.3, -0.25) is 14.8 Å². The van der Waals surface area contributed by atoms with Crippen molar-refractivity contribution >= 4 is 11.6 Å². The van der Waals surface area contributed by atoms with Crippen molar-refractivity contribution in [1.82, 2.24) is 20.2 Å². The number of nitrogens with zero attached hydrogens (tertiary/aromatic N) is 3. The molecule has 2 N–H and O–H groups in total. The first-order valence-electron chi connectivity index (χ1n) is 7.68. The summed E-state index contributed by atoms with van der Waals surface area (Å²) in [6, 6.07) is 9.38. The normalized spacial score (nSPS) is 10.6. The lowest BCUT2D eigenvalue weighted by atomic mass is 10.2. The van der Waals surface area contributed by atoms with Crippen LogP contribution in [0.4, 0.5) is 5.69 Å². The average molecular weight is 313 g/mol. The molecule has 122 valence electrons. The maximum atomic E-state index is 12.1. The van der Waals surface area contributed by atoms with Crippen molar-refractivity contribution < 1.29 is 4.79 Å². The third-order valence-electron chi connectivity index (χ3n) is 3.26. The summed E-state index contributed by atoms with van der Waals surface area (Å²) < 4.78 is 0. The van der Waals surface area contributed by atoms with Crippen LogP contribution >= 0.6 is 0 Å². The molecule has 0 atom stereocenters. The van der Waals surface area contributed by atoms with Crippen LogP contribution in [0.1, 0.15) is 22.6 Å². The summed E-state index contributed by atoms with van der Waals surface area (Å²) in [7, 11) is 4.03. The van der Waals surface area contributed by atoms with Crippen molar-refractivity contribution in [3.8, 4) is 0 Å². The molecule has 0 bridgehead atoms. The van der Waals surface area contributed by atoms with E-state index in [0.717, 1.165) is 24.3 Å². The lowest BCUT2D eigenvalue weighted by Gasteiger charge is -2.10. The van der Waals surface area contributed by atoms with Crippen LogP contribution in [0.3, 0.4) is 0 Å². The summed E-state index contributed by atoms with van der Waals surface area (Å²) in [5.74, 6) is -0.148. The van der Waals surface area contributed by atoms with E-state index in [1.54, 1.807) is 18.5 Å². The third-order valence-corrected chi connectivity index (χ3v) is 3.26. The lowest BCUT2D eigenvalue weighted by molar-refractivity contribution is 0.0947. The van der Waals surface area contributed by atoms with Gasteiger partial charge in [-0.05, 0) is 51.3 Å². The number of carbonyl (C=O) groups excluding carboxylic acids is 1. The Morgan fingerprint density at radius 2 is 2.04 bits per heavy atom. The fourth-order valence-corrected chi connectivity index (χ4v) is 2.05. The van der Waals surface area contributed by atoms with Gasteiger partial charge in [0.2, 0.25) is 0 Å². The summed E-state index contributed by atoms with van der Waals surface area (Å²) in [6.45, 7) is 2.19. The van der Waals surface area contributed by atoms with Gasteiger partial charge in [-0.15, -0.1) is 0 Å². The van der Waals surface area contributed by atoms with Crippen LogP contribution in [0, 0.1) is 0 Å². The molecule has 2 aromatic rings. The van der Waals surface area contributed by atoms with Gasteiger partial charge in [-0.2, -0.15) is 0 Å². The minimum atomic E-state index is -0.148. The van der Waals surface area contributed by atoms with E-state index in [2.05, 4.69) is 25.5 Å². The molecular formula is C17H23N5O. The summed E-state index contributed by atoms with van der Waals surface area (Å²) >= 11 is 0. The molecule has 0 aliphatic rings. The highest BCUT2D eigenvalue weighted by molar-refractivity contribution is 5.93. The van der Waals surface area contributed by atoms with Crippen molar-refractivity contribution in [3.05, 3.63) is 54.1 Å². The van der Waals surface area contributed by atoms with E-state index >= 15 is 0 Å². The number of pyridine rings is 2. The Balaban J connectivity index is 1.85. The number of aromatic nitrogens is 2. The van der Waals surface area contributed by atoms with Gasteiger partial charge in [-0.25, -0.2) is 0 Å². The summed E-state index contributed by atoms with van der Waals surface area (Å²) in [5, 5.41) is 6.14. The van der Waals surface area contributed by atoms with Gasteiger partial charge >= 0.3 is 0 Å². The maximum absolute atomic E-state index is 12.1. The average Bonchev–Trinajstić information content (AvgIpc) is 2.58. The smallest absolute Gasteiger partial charge is 0.269 e. The van der Waals surface area contributed by atoms with Gasteiger partial charge in [-0.1, -0.05) is 6.07 Å². The van der Waals surface area contributed by atoms with Crippen molar-refractivity contribution in [3.63, 3.8) is 0 Å². The Kier molecular flexibility index (Phi) is 6.50. The van der Waals surface area contributed by atoms with Crippen LogP contribution in [-0.4, -0.2) is 48.0 Å². The topological polar surface area (TPSA) is 70.2 Å². The first-order valence-corrected chi connectivity index (χ1v) is 7.68. The largest absolute Gasteiger partial charge is 0.379 e. The molecule has 0 unspecified atom stereocenters. The number of hydrogen-bond donors (Lipinski definition) is 2. The zero-order valence-electron chi connectivity index (χ0n) is 13.6. The molecule has 0 aliphatic heterocycles. The molecule has 0 saturated heterocycles. The number of rotatable bonds is 8. The van der Waals surface area contributed by atoms with E-state index in [-0.39, 0.29) is 5.91 Å². The molecule has 1 amide bonds. The predicted octanol–water partition coefficient (Wildman–Crippen LogP) is 1.77. The quantitative estimate of drug-likeness (QED) is 0.727. The molecular weight excluding hydrogens is 290 g/mol. The van der Waals surface area contributed by atoms with Gasteiger partial charge in [0, 0.05) is 24.6 Å². The van der Waals surface area contributed by atoms with Crippen LogP contribution in [-0.2, 0) is 6.54 Å². The first kappa shape index (κ1) is 16.9. The number of amides is 1. The van der Waals surface area contributed by atoms with E-state index in [0.29, 0.717) is 18.8 Å². The highest BCUT2D eigenvalue weighted by Gasteiger charge is 2.07. The minimum absolute atomic E-state index is 0.148. The van der Waals surface area contributed by atoms with Crippen LogP contribution in [0.25, 0.3) is 0 Å². The van der Waals surface area contributed by atoms with Gasteiger partial charge in [0.15, 0.2) is 0 Å². The zero-order valence-corrected chi connectivity index (χ0v) is 13.6. The molecule has 0 saturated carbocycles. The highest BCUT2D eigenvalue weighted by atomic mass is 16.1. The van der Waals surface area contributed by atoms with Crippen LogP contribution in [0.15, 0.2) is 42.7 Å². The molecule has 0 fully saturated rings. The van der Waals surface area contributed by atoms with Crippen LogP contribution in [0.5, 0.6) is 0 Å². The number of carbonyl (C=O) groups is 1. The highest BCUT2D eigenvalue weighted by Crippen LogP contribution is 2.09. The summed E-state index contributed by atoms with van der Waals surface area (Å²) in [4.78, 5) is 22.6. The molecule has 0 radical (unpaired) electrons. The van der Waals surface area contributed by atoms with Crippen LogP contribution in [0.2, 0.25) is 0 Å².